The lowest BCUT2D eigenvalue weighted by Crippen LogP contribution is -2.55. The largest absolute Gasteiger partial charge is 0.544 e. The molecule has 0 aromatic rings. The maximum absolute atomic E-state index is 12.7. The van der Waals surface area contributed by atoms with E-state index in [9.17, 15) is 19.5 Å². The van der Waals surface area contributed by atoms with Crippen molar-refractivity contribution in [3.8, 4) is 0 Å². The predicted octanol–water partition coefficient (Wildman–Crippen LogP) is 11.1. The topological polar surface area (TPSA) is 102 Å². The SMILES string of the molecule is CC/C=C/C=C/C=C/C=C/C=C/C=C/C=C/CCCCCC(=O)OC(COCCC(C(=O)[O-])[N+](C)(C)C)COC(=O)CCCCC/C=C/C=C/CCCCCCCCC. The third-order valence-electron chi connectivity index (χ3n) is 9.37. The highest BCUT2D eigenvalue weighted by Gasteiger charge is 2.25. The van der Waals surface area contributed by atoms with Crippen LogP contribution in [0.5, 0.6) is 0 Å². The Bertz CT molecular complexity index is 1330. The Hall–Kier alpha value is -4.01. The first kappa shape index (κ1) is 55.0. The molecule has 2 unspecified atom stereocenters. The molecule has 59 heavy (non-hydrogen) atoms. The van der Waals surface area contributed by atoms with Gasteiger partial charge in [-0.25, -0.2) is 0 Å². The molecular formula is C51H81NO7. The van der Waals surface area contributed by atoms with E-state index in [0.717, 1.165) is 57.8 Å². The molecule has 0 aliphatic heterocycles. The summed E-state index contributed by atoms with van der Waals surface area (Å²) in [6.07, 6.45) is 55.4. The van der Waals surface area contributed by atoms with Gasteiger partial charge in [0.2, 0.25) is 0 Å². The molecule has 8 nitrogen and oxygen atoms in total. The van der Waals surface area contributed by atoms with Crippen LogP contribution in [0.3, 0.4) is 0 Å². The molecule has 0 N–H and O–H groups in total. The Kier molecular flexibility index (Phi) is 38.0. The average molecular weight is 820 g/mol. The summed E-state index contributed by atoms with van der Waals surface area (Å²) in [4.78, 5) is 36.9. The number of likely N-dealkylation sites (N-methyl/N-ethyl adjacent to an activating group) is 1. The zero-order valence-corrected chi connectivity index (χ0v) is 37.6. The lowest BCUT2D eigenvalue weighted by Gasteiger charge is -2.34. The zero-order valence-electron chi connectivity index (χ0n) is 37.6. The molecule has 0 heterocycles. The third kappa shape index (κ3) is 39.2. The number of carbonyl (C=O) groups is 3. The maximum Gasteiger partial charge on any atom is 0.306 e. The maximum atomic E-state index is 12.7. The minimum absolute atomic E-state index is 0.00535. The summed E-state index contributed by atoms with van der Waals surface area (Å²) in [5, 5.41) is 11.6. The van der Waals surface area contributed by atoms with Crippen molar-refractivity contribution >= 4 is 17.9 Å². The van der Waals surface area contributed by atoms with E-state index >= 15 is 0 Å². The summed E-state index contributed by atoms with van der Waals surface area (Å²) in [5.41, 5.74) is 0. The number of nitrogens with zero attached hydrogens (tertiary/aromatic N) is 1. The van der Waals surface area contributed by atoms with Crippen molar-refractivity contribution in [1.82, 2.24) is 0 Å². The number of quaternary nitrogens is 1. The number of rotatable bonds is 38. The lowest BCUT2D eigenvalue weighted by molar-refractivity contribution is -0.889. The van der Waals surface area contributed by atoms with Crippen LogP contribution in [-0.2, 0) is 28.6 Å². The summed E-state index contributed by atoms with van der Waals surface area (Å²) >= 11 is 0. The van der Waals surface area contributed by atoms with E-state index < -0.39 is 18.1 Å². The number of allylic oxidation sites excluding steroid dienone is 18. The van der Waals surface area contributed by atoms with Gasteiger partial charge in [-0.1, -0.05) is 175 Å². The van der Waals surface area contributed by atoms with Gasteiger partial charge in [-0.2, -0.15) is 0 Å². The monoisotopic (exact) mass is 820 g/mol. The van der Waals surface area contributed by atoms with Crippen molar-refractivity contribution in [2.24, 2.45) is 0 Å². The summed E-state index contributed by atoms with van der Waals surface area (Å²) in [5.74, 6) is -1.85. The van der Waals surface area contributed by atoms with E-state index in [4.69, 9.17) is 14.2 Å². The Morgan fingerprint density at radius 1 is 0.525 bits per heavy atom. The number of hydrogen-bond acceptors (Lipinski definition) is 7. The normalized spacial score (nSPS) is 14.0. The fraction of sp³-hybridized carbons (Fsp3) is 0.588. The molecular weight excluding hydrogens is 739 g/mol. The van der Waals surface area contributed by atoms with Crippen LogP contribution in [-0.4, -0.2) is 75.5 Å². The molecule has 0 aliphatic carbocycles. The Morgan fingerprint density at radius 3 is 1.42 bits per heavy atom. The molecule has 0 aromatic carbocycles. The van der Waals surface area contributed by atoms with E-state index in [2.05, 4.69) is 50.3 Å². The van der Waals surface area contributed by atoms with Crippen LogP contribution in [0.4, 0.5) is 0 Å². The summed E-state index contributed by atoms with van der Waals surface area (Å²) in [6.45, 7) is 4.40. The van der Waals surface area contributed by atoms with Gasteiger partial charge in [0, 0.05) is 19.3 Å². The van der Waals surface area contributed by atoms with E-state index in [0.29, 0.717) is 12.8 Å². The van der Waals surface area contributed by atoms with Gasteiger partial charge in [-0.15, -0.1) is 0 Å². The standard InChI is InChI=1S/C51H81NO7/c1-6-8-10-12-14-16-18-20-22-24-25-26-28-30-32-34-36-38-40-42-50(54)59-47(45-57-44-43-48(51(55)56)52(3,4)5)46-58-49(53)41-39-37-35-33-31-29-27-23-21-19-17-15-13-11-9-7-2/h8,10,12,14,16,18,20,22-32,47-48H,6-7,9,11,13,15,17,19,21,33-46H2,1-5H3/b10-8+,14-12+,18-16+,22-20+,25-24+,27-23+,28-26+,31-29+,32-30+. The van der Waals surface area contributed by atoms with Crippen LogP contribution in [0, 0.1) is 0 Å². The molecule has 332 valence electrons. The summed E-state index contributed by atoms with van der Waals surface area (Å²) < 4.78 is 17.1. The zero-order chi connectivity index (χ0) is 43.5. The van der Waals surface area contributed by atoms with Gasteiger partial charge in [-0.3, -0.25) is 9.59 Å². The number of ether oxygens (including phenoxy) is 3. The molecule has 0 rings (SSSR count). The van der Waals surface area contributed by atoms with Gasteiger partial charge in [0.1, 0.15) is 12.6 Å². The minimum atomic E-state index is -1.14. The molecule has 0 amide bonds. The van der Waals surface area contributed by atoms with Crippen molar-refractivity contribution in [3.63, 3.8) is 0 Å². The van der Waals surface area contributed by atoms with Gasteiger partial charge < -0.3 is 28.6 Å². The molecule has 0 bridgehead atoms. The highest BCUT2D eigenvalue weighted by atomic mass is 16.6. The third-order valence-corrected chi connectivity index (χ3v) is 9.37. The van der Waals surface area contributed by atoms with Gasteiger partial charge in [0.25, 0.3) is 0 Å². The second kappa shape index (κ2) is 40.8. The first-order valence-corrected chi connectivity index (χ1v) is 22.5. The number of hydrogen-bond donors (Lipinski definition) is 0. The highest BCUT2D eigenvalue weighted by Crippen LogP contribution is 2.12. The Morgan fingerprint density at radius 2 is 0.949 bits per heavy atom. The predicted molar refractivity (Wildman–Crippen MR) is 244 cm³/mol. The first-order chi connectivity index (χ1) is 28.6. The molecule has 2 atom stereocenters. The van der Waals surface area contributed by atoms with E-state index in [1.165, 1.54) is 44.9 Å². The Balaban J connectivity index is 4.53. The van der Waals surface area contributed by atoms with E-state index in [1.54, 1.807) is 21.1 Å². The van der Waals surface area contributed by atoms with Crippen molar-refractivity contribution in [3.05, 3.63) is 109 Å². The smallest absolute Gasteiger partial charge is 0.306 e. The van der Waals surface area contributed by atoms with Crippen LogP contribution < -0.4 is 5.11 Å². The van der Waals surface area contributed by atoms with Gasteiger partial charge in [-0.05, 0) is 57.8 Å². The quantitative estimate of drug-likeness (QED) is 0.0264. The molecule has 0 radical (unpaired) electrons. The fourth-order valence-corrected chi connectivity index (χ4v) is 5.87. The summed E-state index contributed by atoms with van der Waals surface area (Å²) in [6, 6.07) is -0.746. The number of aliphatic carboxylic acids is 1. The molecule has 0 spiro atoms. The number of esters is 2. The molecule has 0 aromatic heterocycles. The lowest BCUT2D eigenvalue weighted by atomic mass is 10.1. The first-order valence-electron chi connectivity index (χ1n) is 22.5. The van der Waals surface area contributed by atoms with Gasteiger partial charge >= 0.3 is 11.9 Å². The average Bonchev–Trinajstić information content (AvgIpc) is 3.19. The van der Waals surface area contributed by atoms with E-state index in [-0.39, 0.29) is 49.1 Å². The van der Waals surface area contributed by atoms with Crippen molar-refractivity contribution < 1.29 is 38.2 Å². The minimum Gasteiger partial charge on any atom is -0.544 e. The second-order valence-electron chi connectivity index (χ2n) is 15.8. The number of carboxylic acid groups (broad SMARTS) is 1. The van der Waals surface area contributed by atoms with Crippen LogP contribution in [0.1, 0.15) is 142 Å². The van der Waals surface area contributed by atoms with Gasteiger partial charge in [0.15, 0.2) is 6.10 Å². The fourth-order valence-electron chi connectivity index (χ4n) is 5.87. The molecule has 8 heteroatoms. The van der Waals surface area contributed by atoms with Crippen molar-refractivity contribution in [2.45, 2.75) is 154 Å². The Labute approximate surface area is 359 Å². The number of unbranched alkanes of at least 4 members (excludes halogenated alkanes) is 13. The van der Waals surface area contributed by atoms with Crippen molar-refractivity contribution in [2.75, 3.05) is 41.0 Å². The molecule has 0 saturated carbocycles. The molecule has 0 fully saturated rings. The second-order valence-corrected chi connectivity index (χ2v) is 15.8. The van der Waals surface area contributed by atoms with Crippen LogP contribution >= 0.6 is 0 Å². The van der Waals surface area contributed by atoms with Crippen LogP contribution in [0.2, 0.25) is 0 Å². The van der Waals surface area contributed by atoms with Gasteiger partial charge in [0.05, 0.1) is 40.3 Å². The van der Waals surface area contributed by atoms with Crippen LogP contribution in [0.15, 0.2) is 109 Å². The van der Waals surface area contributed by atoms with E-state index in [1.807, 2.05) is 72.9 Å². The number of carbonyl (C=O) groups excluding carboxylic acids is 3. The summed E-state index contributed by atoms with van der Waals surface area (Å²) in [7, 11) is 5.37. The van der Waals surface area contributed by atoms with Crippen LogP contribution in [0.25, 0.3) is 0 Å². The molecule has 0 saturated heterocycles. The molecule has 0 aliphatic rings. The highest BCUT2D eigenvalue weighted by molar-refractivity contribution is 5.70. The van der Waals surface area contributed by atoms with Crippen molar-refractivity contribution in [1.29, 1.82) is 0 Å². The number of carboxylic acids is 1.